The zero-order valence-corrected chi connectivity index (χ0v) is 10.0. The zero-order chi connectivity index (χ0) is 12.6. The second kappa shape index (κ2) is 7.02. The van der Waals surface area contributed by atoms with Gasteiger partial charge < -0.3 is 15.8 Å². The summed E-state index contributed by atoms with van der Waals surface area (Å²) < 4.78 is 4.88. The molecule has 0 aromatic carbocycles. The Balaban J connectivity index is 4.23. The van der Waals surface area contributed by atoms with Crippen LogP contribution in [0.25, 0.3) is 0 Å². The minimum Gasteiger partial charge on any atom is -0.385 e. The van der Waals surface area contributed by atoms with Crippen molar-refractivity contribution in [2.24, 2.45) is 16.6 Å². The maximum absolute atomic E-state index is 11.1. The van der Waals surface area contributed by atoms with Gasteiger partial charge in [0.25, 0.3) is 0 Å². The van der Waals surface area contributed by atoms with Gasteiger partial charge in [0.05, 0.1) is 0 Å². The Kier molecular flexibility index (Phi) is 6.43. The van der Waals surface area contributed by atoms with Crippen molar-refractivity contribution in [1.82, 2.24) is 10.7 Å². The SMILES string of the molecule is COCCCN=C(NN)NC(C)(C)C(N)=O. The van der Waals surface area contributed by atoms with Gasteiger partial charge in [-0.2, -0.15) is 0 Å². The van der Waals surface area contributed by atoms with E-state index in [-0.39, 0.29) is 0 Å². The van der Waals surface area contributed by atoms with Gasteiger partial charge in [0, 0.05) is 20.3 Å². The molecular formula is C9H21N5O2. The minimum absolute atomic E-state index is 0.333. The van der Waals surface area contributed by atoms with Crippen LogP contribution in [0.15, 0.2) is 4.99 Å². The molecule has 0 atom stereocenters. The van der Waals surface area contributed by atoms with E-state index in [4.69, 9.17) is 16.3 Å². The Morgan fingerprint density at radius 3 is 2.56 bits per heavy atom. The lowest BCUT2D eigenvalue weighted by Crippen LogP contribution is -2.57. The van der Waals surface area contributed by atoms with Crippen molar-refractivity contribution in [3.8, 4) is 0 Å². The number of carbonyl (C=O) groups is 1. The number of aliphatic imine (C=N–C) groups is 1. The lowest BCUT2D eigenvalue weighted by Gasteiger charge is -2.24. The average molecular weight is 231 g/mol. The molecule has 7 heteroatoms. The molecule has 1 amide bonds. The number of methoxy groups -OCH3 is 1. The number of guanidine groups is 1. The molecule has 0 aliphatic carbocycles. The van der Waals surface area contributed by atoms with Crippen LogP contribution in [-0.4, -0.2) is 37.7 Å². The topological polar surface area (TPSA) is 115 Å². The second-order valence-corrected chi connectivity index (χ2v) is 3.84. The highest BCUT2D eigenvalue weighted by Gasteiger charge is 2.25. The fraction of sp³-hybridized carbons (Fsp3) is 0.778. The first-order valence-corrected chi connectivity index (χ1v) is 5.02. The first-order chi connectivity index (χ1) is 7.44. The number of nitrogens with one attached hydrogen (secondary N) is 2. The van der Waals surface area contributed by atoms with Gasteiger partial charge in [0.15, 0.2) is 0 Å². The van der Waals surface area contributed by atoms with Crippen molar-refractivity contribution in [2.45, 2.75) is 25.8 Å². The van der Waals surface area contributed by atoms with E-state index in [9.17, 15) is 4.79 Å². The standard InChI is InChI=1S/C9H21N5O2/c1-9(2,7(10)15)13-8(14-11)12-5-4-6-16-3/h4-6,11H2,1-3H3,(H2,10,15)(H2,12,13,14). The summed E-state index contributed by atoms with van der Waals surface area (Å²) in [6.07, 6.45) is 0.778. The van der Waals surface area contributed by atoms with E-state index in [0.717, 1.165) is 6.42 Å². The molecule has 16 heavy (non-hydrogen) atoms. The predicted octanol–water partition coefficient (Wildman–Crippen LogP) is -1.30. The molecule has 0 rings (SSSR count). The molecule has 0 unspecified atom stereocenters. The molecule has 6 N–H and O–H groups in total. The third-order valence-corrected chi connectivity index (χ3v) is 1.96. The maximum atomic E-state index is 11.1. The Labute approximate surface area is 95.6 Å². The number of rotatable bonds is 6. The van der Waals surface area contributed by atoms with E-state index in [2.05, 4.69) is 15.7 Å². The summed E-state index contributed by atoms with van der Waals surface area (Å²) >= 11 is 0. The maximum Gasteiger partial charge on any atom is 0.242 e. The van der Waals surface area contributed by atoms with Crippen LogP contribution in [0.4, 0.5) is 0 Å². The van der Waals surface area contributed by atoms with Crippen LogP contribution >= 0.6 is 0 Å². The summed E-state index contributed by atoms with van der Waals surface area (Å²) in [5.41, 5.74) is 6.69. The van der Waals surface area contributed by atoms with Gasteiger partial charge >= 0.3 is 0 Å². The smallest absolute Gasteiger partial charge is 0.242 e. The number of primary amides is 1. The quantitative estimate of drug-likeness (QED) is 0.149. The van der Waals surface area contributed by atoms with E-state index in [1.165, 1.54) is 0 Å². The van der Waals surface area contributed by atoms with Crippen LogP contribution < -0.4 is 22.3 Å². The molecule has 0 aliphatic heterocycles. The van der Waals surface area contributed by atoms with Crippen LogP contribution in [0.1, 0.15) is 20.3 Å². The molecule has 0 fully saturated rings. The molecule has 0 saturated heterocycles. The van der Waals surface area contributed by atoms with Crippen molar-refractivity contribution in [1.29, 1.82) is 0 Å². The molecule has 0 spiro atoms. The fourth-order valence-corrected chi connectivity index (χ4v) is 0.879. The fourth-order valence-electron chi connectivity index (χ4n) is 0.879. The van der Waals surface area contributed by atoms with Crippen LogP contribution in [-0.2, 0) is 9.53 Å². The number of nitrogens with two attached hydrogens (primary N) is 2. The molecule has 0 heterocycles. The molecule has 0 radical (unpaired) electrons. The minimum atomic E-state index is -0.896. The molecular weight excluding hydrogens is 210 g/mol. The number of carbonyl (C=O) groups excluding carboxylic acids is 1. The van der Waals surface area contributed by atoms with Gasteiger partial charge in [-0.1, -0.05) is 0 Å². The summed E-state index contributed by atoms with van der Waals surface area (Å²) in [7, 11) is 1.63. The molecule has 0 bridgehead atoms. The van der Waals surface area contributed by atoms with Crippen molar-refractivity contribution < 1.29 is 9.53 Å². The van der Waals surface area contributed by atoms with Crippen molar-refractivity contribution in [2.75, 3.05) is 20.3 Å². The lowest BCUT2D eigenvalue weighted by atomic mass is 10.1. The number of ether oxygens (including phenoxy) is 1. The predicted molar refractivity (Wildman–Crippen MR) is 62.5 cm³/mol. The summed E-state index contributed by atoms with van der Waals surface area (Å²) in [4.78, 5) is 15.2. The largest absolute Gasteiger partial charge is 0.385 e. The van der Waals surface area contributed by atoms with Crippen molar-refractivity contribution in [3.05, 3.63) is 0 Å². The first-order valence-electron chi connectivity index (χ1n) is 5.02. The third kappa shape index (κ3) is 5.52. The van der Waals surface area contributed by atoms with Gasteiger partial charge in [-0.3, -0.25) is 15.2 Å². The van der Waals surface area contributed by atoms with Gasteiger partial charge in [0.1, 0.15) is 5.54 Å². The molecule has 0 aliphatic rings. The molecule has 0 aromatic rings. The molecule has 7 nitrogen and oxygen atoms in total. The van der Waals surface area contributed by atoms with Crippen LogP contribution in [0.3, 0.4) is 0 Å². The Hall–Kier alpha value is -1.34. The molecule has 94 valence electrons. The van der Waals surface area contributed by atoms with E-state index in [1.54, 1.807) is 21.0 Å². The van der Waals surface area contributed by atoms with Gasteiger partial charge in [0.2, 0.25) is 11.9 Å². The second-order valence-electron chi connectivity index (χ2n) is 3.84. The highest BCUT2D eigenvalue weighted by Crippen LogP contribution is 1.99. The van der Waals surface area contributed by atoms with Crippen molar-refractivity contribution in [3.63, 3.8) is 0 Å². The van der Waals surface area contributed by atoms with Crippen LogP contribution in [0.2, 0.25) is 0 Å². The third-order valence-electron chi connectivity index (χ3n) is 1.96. The van der Waals surface area contributed by atoms with E-state index in [0.29, 0.717) is 19.1 Å². The first kappa shape index (κ1) is 14.7. The summed E-state index contributed by atoms with van der Waals surface area (Å²) in [5, 5.41) is 2.82. The number of nitrogens with zero attached hydrogens (tertiary/aromatic N) is 1. The highest BCUT2D eigenvalue weighted by molar-refractivity contribution is 5.90. The van der Waals surface area contributed by atoms with Gasteiger partial charge in [-0.25, -0.2) is 5.84 Å². The Bertz CT molecular complexity index is 252. The average Bonchev–Trinajstić information content (AvgIpc) is 2.22. The molecule has 0 aromatic heterocycles. The number of amides is 1. The van der Waals surface area contributed by atoms with E-state index >= 15 is 0 Å². The van der Waals surface area contributed by atoms with Gasteiger partial charge in [-0.15, -0.1) is 0 Å². The Morgan fingerprint density at radius 1 is 1.50 bits per heavy atom. The number of hydrazine groups is 1. The highest BCUT2D eigenvalue weighted by atomic mass is 16.5. The Morgan fingerprint density at radius 2 is 2.12 bits per heavy atom. The van der Waals surface area contributed by atoms with Crippen molar-refractivity contribution >= 4 is 11.9 Å². The van der Waals surface area contributed by atoms with E-state index in [1.807, 2.05) is 0 Å². The van der Waals surface area contributed by atoms with Gasteiger partial charge in [-0.05, 0) is 20.3 Å². The summed E-state index contributed by atoms with van der Waals surface area (Å²) in [6, 6.07) is 0. The van der Waals surface area contributed by atoms with Crippen LogP contribution in [0, 0.1) is 0 Å². The number of hydrogen-bond acceptors (Lipinski definition) is 4. The zero-order valence-electron chi connectivity index (χ0n) is 10.0. The summed E-state index contributed by atoms with van der Waals surface area (Å²) in [6.45, 7) is 4.48. The number of hydrogen-bond donors (Lipinski definition) is 4. The summed E-state index contributed by atoms with van der Waals surface area (Å²) in [5.74, 6) is 5.12. The normalized spacial score (nSPS) is 12.4. The lowest BCUT2D eigenvalue weighted by molar-refractivity contribution is -0.122. The molecule has 0 saturated carbocycles. The van der Waals surface area contributed by atoms with Crippen LogP contribution in [0.5, 0.6) is 0 Å². The monoisotopic (exact) mass is 231 g/mol. The van der Waals surface area contributed by atoms with E-state index < -0.39 is 11.4 Å².